The van der Waals surface area contributed by atoms with Gasteiger partial charge in [-0.3, -0.25) is 43.5 Å². The molecular weight excluding hydrogens is 1060 g/mol. The van der Waals surface area contributed by atoms with Crippen LogP contribution in [0.3, 0.4) is 0 Å². The number of aromatic amines is 3. The zero-order valence-corrected chi connectivity index (χ0v) is 47.2. The van der Waals surface area contributed by atoms with E-state index in [0.717, 1.165) is 44.4 Å². The van der Waals surface area contributed by atoms with Crippen LogP contribution in [0.5, 0.6) is 0 Å². The van der Waals surface area contributed by atoms with Crippen molar-refractivity contribution in [1.29, 1.82) is 0 Å². The molecule has 0 spiro atoms. The highest BCUT2D eigenvalue weighted by atomic mass is 16.5. The SMILES string of the molecule is C=c1nc2c(c(=O)[nH]1)=Nc1cc(C)c(C)cc1N2CC(=O)NCCC(=O)O.CC(=O)CCN(C)CCn1c2nc(=O)[nH]c(=O)c-2nc2cc(C)c(C)cc21.COC(=O)CCCNCCn1c2nc(=O)[nH]c(=O)c-2nc2cc(C)c(C)cc21. The number of aliphatic carboxylic acids is 1. The Morgan fingerprint density at radius 2 is 1.21 bits per heavy atom. The van der Waals surface area contributed by atoms with Crippen LogP contribution in [0.1, 0.15) is 66.0 Å². The van der Waals surface area contributed by atoms with Gasteiger partial charge >= 0.3 is 23.3 Å². The van der Waals surface area contributed by atoms with Crippen molar-refractivity contribution in [3.8, 4) is 23.0 Å². The maximum Gasteiger partial charge on any atom is 0.349 e. The van der Waals surface area contributed by atoms with Gasteiger partial charge in [0.25, 0.3) is 16.7 Å². The van der Waals surface area contributed by atoms with Crippen molar-refractivity contribution in [2.45, 2.75) is 87.2 Å². The lowest BCUT2D eigenvalue weighted by atomic mass is 10.1. The summed E-state index contributed by atoms with van der Waals surface area (Å²) in [5.41, 5.74) is 8.08. The Bertz CT molecular complexity index is 4150. The molecule has 0 saturated carbocycles. The quantitative estimate of drug-likeness (QED) is 0.0404. The number of carbonyl (C=O) groups is 4. The minimum Gasteiger partial charge on any atom is -0.481 e. The number of Topliss-reactive ketones (excluding diaryl/α,β-unsaturated/α-hetero) is 1. The van der Waals surface area contributed by atoms with Crippen molar-refractivity contribution in [3.63, 3.8) is 0 Å². The third kappa shape index (κ3) is 14.5. The lowest BCUT2D eigenvalue weighted by Gasteiger charge is -2.28. The van der Waals surface area contributed by atoms with Gasteiger partial charge in [0.05, 0.1) is 47.0 Å². The van der Waals surface area contributed by atoms with E-state index in [1.807, 2.05) is 99.0 Å². The number of nitrogens with one attached hydrogen (secondary N) is 5. The van der Waals surface area contributed by atoms with Crippen molar-refractivity contribution in [2.75, 3.05) is 58.3 Å². The Morgan fingerprint density at radius 3 is 1.77 bits per heavy atom. The summed E-state index contributed by atoms with van der Waals surface area (Å²) in [6.45, 7) is 20.5. The molecule has 6 N–H and O–H groups in total. The van der Waals surface area contributed by atoms with Gasteiger partial charge in [-0.05, 0) is 138 Å². The zero-order chi connectivity index (χ0) is 59.7. The molecule has 0 bridgehead atoms. The fraction of sp³-hybridized carbons (Fsp3) is 0.375. The van der Waals surface area contributed by atoms with Gasteiger partial charge in [-0.2, -0.15) is 9.97 Å². The maximum atomic E-state index is 12.3. The molecule has 430 valence electrons. The van der Waals surface area contributed by atoms with Gasteiger partial charge < -0.3 is 44.4 Å². The van der Waals surface area contributed by atoms with E-state index >= 15 is 0 Å². The summed E-state index contributed by atoms with van der Waals surface area (Å²) in [6.07, 6.45) is 1.33. The van der Waals surface area contributed by atoms with Crippen LogP contribution in [0.2, 0.25) is 0 Å². The molecule has 6 heterocycles. The fourth-order valence-corrected chi connectivity index (χ4v) is 8.84. The number of carbonyl (C=O) groups excluding carboxylic acids is 3. The van der Waals surface area contributed by atoms with Gasteiger partial charge in [0.1, 0.15) is 17.8 Å². The second-order valence-electron chi connectivity index (χ2n) is 20.0. The monoisotopic (exact) mass is 1120 g/mol. The summed E-state index contributed by atoms with van der Waals surface area (Å²) in [5, 5.41) is 14.6. The molecule has 1 amide bonds. The zero-order valence-electron chi connectivity index (χ0n) is 47.2. The molecule has 3 aromatic carbocycles. The number of methoxy groups -OCH3 is 1. The van der Waals surface area contributed by atoms with Crippen molar-refractivity contribution in [3.05, 3.63) is 133 Å². The van der Waals surface area contributed by atoms with E-state index in [2.05, 4.69) is 66.8 Å². The molecule has 9 rings (SSSR count). The van der Waals surface area contributed by atoms with E-state index in [-0.39, 0.29) is 76.9 Å². The molecule has 1 aromatic heterocycles. The molecule has 26 heteroatoms. The number of rotatable bonds is 18. The highest BCUT2D eigenvalue weighted by Gasteiger charge is 2.26. The van der Waals surface area contributed by atoms with Crippen molar-refractivity contribution in [2.24, 2.45) is 4.99 Å². The van der Waals surface area contributed by atoms with Gasteiger partial charge in [0, 0.05) is 52.1 Å². The first-order chi connectivity index (χ1) is 38.9. The number of amides is 1. The van der Waals surface area contributed by atoms with Gasteiger partial charge in [0.15, 0.2) is 34.2 Å². The summed E-state index contributed by atoms with van der Waals surface area (Å²) in [7, 11) is 3.30. The Labute approximate surface area is 467 Å². The number of ketones is 1. The summed E-state index contributed by atoms with van der Waals surface area (Å²) >= 11 is 0. The predicted molar refractivity (Wildman–Crippen MR) is 307 cm³/mol. The van der Waals surface area contributed by atoms with Crippen LogP contribution >= 0.6 is 0 Å². The second-order valence-corrected chi connectivity index (χ2v) is 20.0. The van der Waals surface area contributed by atoms with Crippen molar-refractivity contribution < 1.29 is 29.0 Å². The molecule has 0 radical (unpaired) electrons. The van der Waals surface area contributed by atoms with E-state index in [1.54, 1.807) is 11.8 Å². The number of benzene rings is 3. The number of aromatic nitrogens is 10. The lowest BCUT2D eigenvalue weighted by Crippen LogP contribution is -2.45. The highest BCUT2D eigenvalue weighted by molar-refractivity contribution is 5.88. The Kier molecular flexibility index (Phi) is 19.3. The van der Waals surface area contributed by atoms with Crippen LogP contribution in [-0.4, -0.2) is 136 Å². The smallest absolute Gasteiger partial charge is 0.349 e. The summed E-state index contributed by atoms with van der Waals surface area (Å²) in [6, 6.07) is 11.6. The number of aryl methyl sites for hydroxylation is 6. The molecule has 26 nitrogen and oxygen atoms in total. The molecular formula is C56H65N15O11. The normalized spacial score (nSPS) is 11.6. The van der Waals surface area contributed by atoms with Crippen LogP contribution < -0.4 is 54.4 Å². The van der Waals surface area contributed by atoms with E-state index in [1.165, 1.54) is 7.11 Å². The minimum atomic E-state index is -0.997. The Hall–Kier alpha value is -9.43. The Balaban J connectivity index is 0.000000177. The first kappa shape index (κ1) is 60.2. The van der Waals surface area contributed by atoms with Crippen LogP contribution in [0.25, 0.3) is 51.7 Å². The van der Waals surface area contributed by atoms with Crippen LogP contribution in [0.15, 0.2) is 65.4 Å². The molecule has 0 atom stereocenters. The molecule has 0 fully saturated rings. The molecule has 82 heavy (non-hydrogen) atoms. The van der Waals surface area contributed by atoms with E-state index in [0.29, 0.717) is 80.9 Å². The summed E-state index contributed by atoms with van der Waals surface area (Å²) < 4.78 is 8.32. The number of likely N-dealkylation sites (N-methyl/N-ethyl adjacent to an activating group) is 1. The highest BCUT2D eigenvalue weighted by Crippen LogP contribution is 2.36. The topological polar surface area (TPSA) is 348 Å². The first-order valence-corrected chi connectivity index (χ1v) is 26.3. The molecule has 5 aliphatic heterocycles. The third-order valence-electron chi connectivity index (χ3n) is 13.7. The number of hydrogen-bond donors (Lipinski definition) is 6. The third-order valence-corrected chi connectivity index (χ3v) is 13.7. The second kappa shape index (κ2) is 26.2. The first-order valence-electron chi connectivity index (χ1n) is 26.3. The average Bonchev–Trinajstić information content (AvgIpc) is 2.67. The van der Waals surface area contributed by atoms with Crippen LogP contribution in [0, 0.1) is 41.5 Å². The van der Waals surface area contributed by atoms with Gasteiger partial charge in [-0.1, -0.05) is 6.58 Å². The number of carboxylic acid groups (broad SMARTS) is 1. The van der Waals surface area contributed by atoms with Crippen LogP contribution in [-0.2, 0) is 37.0 Å². The largest absolute Gasteiger partial charge is 0.481 e. The Morgan fingerprint density at radius 1 is 0.659 bits per heavy atom. The number of anilines is 2. The van der Waals surface area contributed by atoms with E-state index in [4.69, 9.17) is 5.11 Å². The van der Waals surface area contributed by atoms with Crippen molar-refractivity contribution in [1.82, 2.24) is 64.5 Å². The van der Waals surface area contributed by atoms with Crippen LogP contribution in [0.4, 0.5) is 17.2 Å². The summed E-state index contributed by atoms with van der Waals surface area (Å²) in [5.74, 6) is -0.692. The number of nitrogens with zero attached hydrogens (tertiary/aromatic N) is 10. The standard InChI is InChI=1S/C19H23N5O4.C19H23N5O3.C18H19N5O4/c1-11-9-13-14(10-12(11)2)24(8-7-20-6-4-5-15(25)28-3)17-16(21-13)18(26)23-19(27)22-17;1-11-9-14-15(10-12(11)2)24(8-7-23(4)6-5-13(3)25)17-16(20-14)18(26)22-19(27)21-17;1-9-6-12-13(7-10(9)2)23(8-14(24)19-5-4-15(25)26)17-16(22-12)18(27)21-11(3)20-17/h9-10,20H,4-8H2,1-3H3,(H,23,26,27);9-10H,5-8H2,1-4H3,(H,22,26,27);6-7H,3-5,8H2,1-2H3,(H,19,24)(H,21,27)(H,25,26). The lowest BCUT2D eigenvalue weighted by molar-refractivity contribution is -0.141. The molecule has 0 saturated heterocycles. The van der Waals surface area contributed by atoms with E-state index in [9.17, 15) is 43.2 Å². The van der Waals surface area contributed by atoms with Crippen molar-refractivity contribution >= 4 is 69.5 Å². The fourth-order valence-electron chi connectivity index (χ4n) is 8.84. The molecule has 0 aliphatic carbocycles. The minimum absolute atomic E-state index is 0.0163. The molecule has 4 aromatic rings. The predicted octanol–water partition coefficient (Wildman–Crippen LogP) is 1.65. The number of ether oxygens (including phenoxy) is 1. The number of H-pyrrole nitrogens is 3. The average molecular weight is 1120 g/mol. The number of fused-ring (bicyclic) bond motifs is 6. The number of carboxylic acids is 1. The summed E-state index contributed by atoms with van der Waals surface area (Å²) in [4.78, 5) is 142. The van der Waals surface area contributed by atoms with E-state index < -0.39 is 34.0 Å². The molecule has 0 unspecified atom stereocenters. The maximum absolute atomic E-state index is 12.3. The van der Waals surface area contributed by atoms with Gasteiger partial charge in [-0.15, -0.1) is 0 Å². The number of hydrogen-bond acceptors (Lipinski definition) is 19. The van der Waals surface area contributed by atoms with Gasteiger partial charge in [-0.25, -0.2) is 29.5 Å². The molecule has 5 aliphatic rings. The van der Waals surface area contributed by atoms with Gasteiger partial charge in [0.2, 0.25) is 5.91 Å². The number of esters is 1.